The summed E-state index contributed by atoms with van der Waals surface area (Å²) in [6, 6.07) is 3.62. The second-order valence-electron chi connectivity index (χ2n) is 5.15. The van der Waals surface area contributed by atoms with Crippen molar-refractivity contribution in [1.29, 1.82) is 0 Å². The topological polar surface area (TPSA) is 64.9 Å². The third-order valence-electron chi connectivity index (χ3n) is 4.05. The van der Waals surface area contributed by atoms with Crippen LogP contribution >= 0.6 is 15.9 Å². The predicted molar refractivity (Wildman–Crippen MR) is 73.9 cm³/mol. The van der Waals surface area contributed by atoms with Crippen molar-refractivity contribution in [3.05, 3.63) is 27.2 Å². The van der Waals surface area contributed by atoms with Crippen molar-refractivity contribution in [2.75, 3.05) is 18.0 Å². The lowest BCUT2D eigenvalue weighted by atomic mass is 9.94. The minimum Gasteiger partial charge on any atom is -0.356 e. The normalized spacial score (nSPS) is 20.6. The Labute approximate surface area is 114 Å². The molecule has 0 amide bonds. The predicted octanol–water partition coefficient (Wildman–Crippen LogP) is 4.17. The molecule has 0 unspecified atom stereocenters. The maximum atomic E-state index is 8.61. The van der Waals surface area contributed by atoms with Gasteiger partial charge in [0.1, 0.15) is 10.4 Å². The third kappa shape index (κ3) is 2.18. The Morgan fingerprint density at radius 3 is 2.61 bits per heavy atom. The first-order valence-corrected chi connectivity index (χ1v) is 6.98. The molecule has 1 aromatic rings. The number of nitrogens with zero attached hydrogens (tertiary/aromatic N) is 5. The first-order valence-electron chi connectivity index (χ1n) is 6.19. The van der Waals surface area contributed by atoms with E-state index in [-0.39, 0.29) is 0 Å². The second kappa shape index (κ2) is 4.44. The van der Waals surface area contributed by atoms with Crippen LogP contribution in [0.1, 0.15) is 25.7 Å². The van der Waals surface area contributed by atoms with Crippen LogP contribution in [-0.4, -0.2) is 18.1 Å². The highest BCUT2D eigenvalue weighted by molar-refractivity contribution is 9.10. The average molecular weight is 308 g/mol. The van der Waals surface area contributed by atoms with Crippen LogP contribution in [0.4, 0.5) is 11.5 Å². The number of azide groups is 1. The van der Waals surface area contributed by atoms with E-state index in [1.165, 1.54) is 25.7 Å². The highest BCUT2D eigenvalue weighted by atomic mass is 79.9. The Balaban J connectivity index is 1.86. The molecule has 0 N–H and O–H groups in total. The number of hydrogen-bond acceptors (Lipinski definition) is 3. The summed E-state index contributed by atoms with van der Waals surface area (Å²) in [5.74, 6) is 0.803. The fourth-order valence-corrected chi connectivity index (χ4v) is 2.95. The standard InChI is InChI=1S/C12H14BrN5/c13-10-2-1-9(16-17-14)11(15-10)18-7-5-12(3-4-12)6-8-18/h1-2H,3-8H2. The third-order valence-corrected chi connectivity index (χ3v) is 4.50. The van der Waals surface area contributed by atoms with Crippen LogP contribution in [0, 0.1) is 5.41 Å². The summed E-state index contributed by atoms with van der Waals surface area (Å²) in [7, 11) is 0. The van der Waals surface area contributed by atoms with Crippen molar-refractivity contribution >= 4 is 27.4 Å². The number of hydrogen-bond donors (Lipinski definition) is 0. The van der Waals surface area contributed by atoms with E-state index in [0.29, 0.717) is 11.1 Å². The Hall–Kier alpha value is -1.26. The van der Waals surface area contributed by atoms with E-state index in [0.717, 1.165) is 23.5 Å². The molecular weight excluding hydrogens is 294 g/mol. The van der Waals surface area contributed by atoms with Crippen LogP contribution in [0.3, 0.4) is 0 Å². The molecule has 5 nitrogen and oxygen atoms in total. The van der Waals surface area contributed by atoms with Crippen LogP contribution in [-0.2, 0) is 0 Å². The molecule has 1 aliphatic carbocycles. The summed E-state index contributed by atoms with van der Waals surface area (Å²) < 4.78 is 0.779. The second-order valence-corrected chi connectivity index (χ2v) is 5.97. The Morgan fingerprint density at radius 2 is 2.00 bits per heavy atom. The van der Waals surface area contributed by atoms with Gasteiger partial charge >= 0.3 is 0 Å². The van der Waals surface area contributed by atoms with E-state index < -0.39 is 0 Å². The zero-order valence-corrected chi connectivity index (χ0v) is 11.6. The van der Waals surface area contributed by atoms with Gasteiger partial charge in [0.15, 0.2) is 0 Å². The lowest BCUT2D eigenvalue weighted by Gasteiger charge is -2.33. The molecule has 1 spiro atoms. The average Bonchev–Trinajstić information content (AvgIpc) is 3.13. The Bertz CT molecular complexity index is 509. The van der Waals surface area contributed by atoms with Gasteiger partial charge in [0.2, 0.25) is 0 Å². The monoisotopic (exact) mass is 307 g/mol. The van der Waals surface area contributed by atoms with Gasteiger partial charge in [-0.15, -0.1) is 0 Å². The number of piperidine rings is 1. The molecule has 0 atom stereocenters. The van der Waals surface area contributed by atoms with Crippen molar-refractivity contribution in [3.63, 3.8) is 0 Å². The highest BCUT2D eigenvalue weighted by Gasteiger charge is 2.44. The molecular formula is C12H14BrN5. The molecule has 1 aromatic heterocycles. The summed E-state index contributed by atoms with van der Waals surface area (Å²) in [6.45, 7) is 2.02. The lowest BCUT2D eigenvalue weighted by Crippen LogP contribution is -2.35. The van der Waals surface area contributed by atoms with Crippen LogP contribution in [0.25, 0.3) is 10.4 Å². The van der Waals surface area contributed by atoms with Crippen LogP contribution in [0.15, 0.2) is 21.9 Å². The molecule has 18 heavy (non-hydrogen) atoms. The number of anilines is 1. The smallest absolute Gasteiger partial charge is 0.139 e. The minimum atomic E-state index is 0.618. The Kier molecular flexibility index (Phi) is 2.92. The SMILES string of the molecule is [N-]=[N+]=Nc1ccc(Br)nc1N1CCC2(CC1)CC2. The fourth-order valence-electron chi connectivity index (χ4n) is 2.65. The molecule has 3 rings (SSSR count). The van der Waals surface area contributed by atoms with Gasteiger partial charge in [-0.25, -0.2) is 4.98 Å². The molecule has 1 saturated carbocycles. The molecule has 6 heteroatoms. The van der Waals surface area contributed by atoms with Crippen molar-refractivity contribution in [2.24, 2.45) is 10.5 Å². The van der Waals surface area contributed by atoms with Gasteiger partial charge in [0.25, 0.3) is 0 Å². The fraction of sp³-hybridized carbons (Fsp3) is 0.583. The van der Waals surface area contributed by atoms with E-state index in [1.54, 1.807) is 6.07 Å². The number of rotatable bonds is 2. The highest BCUT2D eigenvalue weighted by Crippen LogP contribution is 2.54. The minimum absolute atomic E-state index is 0.618. The van der Waals surface area contributed by atoms with Gasteiger partial charge in [-0.05, 0) is 64.7 Å². The van der Waals surface area contributed by atoms with Crippen LogP contribution in [0.2, 0.25) is 0 Å². The van der Waals surface area contributed by atoms with Gasteiger partial charge in [-0.2, -0.15) is 0 Å². The van der Waals surface area contributed by atoms with Gasteiger partial charge in [-0.3, -0.25) is 0 Å². The van der Waals surface area contributed by atoms with Gasteiger partial charge in [-0.1, -0.05) is 5.11 Å². The molecule has 94 valence electrons. The van der Waals surface area contributed by atoms with E-state index in [1.807, 2.05) is 6.07 Å². The van der Waals surface area contributed by atoms with E-state index in [2.05, 4.69) is 35.8 Å². The summed E-state index contributed by atoms with van der Waals surface area (Å²) in [5, 5.41) is 3.73. The quantitative estimate of drug-likeness (QED) is 0.356. The van der Waals surface area contributed by atoms with Crippen molar-refractivity contribution in [2.45, 2.75) is 25.7 Å². The maximum Gasteiger partial charge on any atom is 0.139 e. The lowest BCUT2D eigenvalue weighted by molar-refractivity contribution is 0.383. The van der Waals surface area contributed by atoms with Crippen molar-refractivity contribution in [3.8, 4) is 0 Å². The molecule has 0 aromatic carbocycles. The first kappa shape index (κ1) is 11.8. The number of aromatic nitrogens is 1. The van der Waals surface area contributed by atoms with Gasteiger partial charge in [0.05, 0.1) is 5.69 Å². The summed E-state index contributed by atoms with van der Waals surface area (Å²) >= 11 is 3.38. The Morgan fingerprint density at radius 1 is 1.28 bits per heavy atom. The summed E-state index contributed by atoms with van der Waals surface area (Å²) in [6.07, 6.45) is 5.24. The maximum absolute atomic E-state index is 8.61. The largest absolute Gasteiger partial charge is 0.356 e. The number of pyridine rings is 1. The molecule has 2 aliphatic rings. The van der Waals surface area contributed by atoms with Gasteiger partial charge < -0.3 is 4.90 Å². The summed E-state index contributed by atoms with van der Waals surface area (Å²) in [4.78, 5) is 9.57. The van der Waals surface area contributed by atoms with E-state index in [9.17, 15) is 0 Å². The summed E-state index contributed by atoms with van der Waals surface area (Å²) in [5.41, 5.74) is 9.86. The zero-order chi connectivity index (χ0) is 12.6. The molecule has 2 fully saturated rings. The molecule has 2 heterocycles. The molecule has 1 saturated heterocycles. The van der Waals surface area contributed by atoms with Crippen molar-refractivity contribution < 1.29 is 0 Å². The number of halogens is 1. The van der Waals surface area contributed by atoms with E-state index in [4.69, 9.17) is 5.53 Å². The van der Waals surface area contributed by atoms with Crippen LogP contribution in [0.5, 0.6) is 0 Å². The molecule has 1 aliphatic heterocycles. The van der Waals surface area contributed by atoms with E-state index >= 15 is 0 Å². The molecule has 0 bridgehead atoms. The first-order chi connectivity index (χ1) is 8.72. The molecule has 0 radical (unpaired) electrons. The van der Waals surface area contributed by atoms with Crippen molar-refractivity contribution in [1.82, 2.24) is 4.98 Å². The van der Waals surface area contributed by atoms with Crippen LogP contribution < -0.4 is 4.90 Å². The zero-order valence-electron chi connectivity index (χ0n) is 10.0. The van der Waals surface area contributed by atoms with Gasteiger partial charge in [0, 0.05) is 18.0 Å².